The molecule has 2 rings (SSSR count). The van der Waals surface area contributed by atoms with Crippen LogP contribution in [0.15, 0.2) is 22.7 Å². The summed E-state index contributed by atoms with van der Waals surface area (Å²) in [5.41, 5.74) is 1.75. The third-order valence-electron chi connectivity index (χ3n) is 3.74. The van der Waals surface area contributed by atoms with Crippen LogP contribution in [0, 0.1) is 6.92 Å². The van der Waals surface area contributed by atoms with Crippen molar-refractivity contribution in [1.82, 2.24) is 9.80 Å². The molecule has 6 nitrogen and oxygen atoms in total. The molecule has 1 fully saturated rings. The van der Waals surface area contributed by atoms with Gasteiger partial charge in [-0.2, -0.15) is 0 Å². The fourth-order valence-electron chi connectivity index (χ4n) is 2.42. The van der Waals surface area contributed by atoms with Gasteiger partial charge < -0.3 is 5.32 Å². The van der Waals surface area contributed by atoms with Crippen LogP contribution in [0.1, 0.15) is 18.4 Å². The third-order valence-corrected chi connectivity index (χ3v) is 4.23. The number of aryl methyl sites for hydroxylation is 1. The van der Waals surface area contributed by atoms with Crippen LogP contribution in [-0.4, -0.2) is 54.2 Å². The number of amides is 3. The van der Waals surface area contributed by atoms with Crippen molar-refractivity contribution in [2.75, 3.05) is 32.0 Å². The molecule has 0 radical (unpaired) electrons. The first-order valence-electron chi connectivity index (χ1n) is 7.44. The molecule has 1 aliphatic rings. The van der Waals surface area contributed by atoms with Crippen LogP contribution in [0.25, 0.3) is 0 Å². The molecule has 1 heterocycles. The molecular formula is C16H20BrN3O3. The maximum Gasteiger partial charge on any atom is 0.238 e. The summed E-state index contributed by atoms with van der Waals surface area (Å²) in [7, 11) is 1.79. The molecule has 0 atom stereocenters. The summed E-state index contributed by atoms with van der Waals surface area (Å²) in [6.07, 6.45) is 0.595. The SMILES string of the molecule is Cc1cc(Br)ccc1NC(=O)CN(C)CCN1C(=O)CCC1=O. The summed E-state index contributed by atoms with van der Waals surface area (Å²) < 4.78 is 0.963. The number of anilines is 1. The second kappa shape index (κ2) is 7.70. The number of hydrogen-bond acceptors (Lipinski definition) is 4. The van der Waals surface area contributed by atoms with Crippen LogP contribution >= 0.6 is 15.9 Å². The van der Waals surface area contributed by atoms with Crippen molar-refractivity contribution in [2.45, 2.75) is 19.8 Å². The van der Waals surface area contributed by atoms with E-state index in [4.69, 9.17) is 0 Å². The van der Waals surface area contributed by atoms with E-state index in [9.17, 15) is 14.4 Å². The molecule has 23 heavy (non-hydrogen) atoms. The van der Waals surface area contributed by atoms with Gasteiger partial charge in [-0.3, -0.25) is 24.2 Å². The molecule has 0 saturated carbocycles. The van der Waals surface area contributed by atoms with Crippen LogP contribution in [0.4, 0.5) is 5.69 Å². The summed E-state index contributed by atoms with van der Waals surface area (Å²) in [4.78, 5) is 38.2. The van der Waals surface area contributed by atoms with Gasteiger partial charge >= 0.3 is 0 Å². The molecule has 1 aromatic rings. The number of carbonyl (C=O) groups is 3. The Morgan fingerprint density at radius 2 is 1.96 bits per heavy atom. The van der Waals surface area contributed by atoms with Gasteiger partial charge in [0.05, 0.1) is 6.54 Å². The molecule has 1 saturated heterocycles. The Labute approximate surface area is 143 Å². The molecule has 3 amide bonds. The lowest BCUT2D eigenvalue weighted by molar-refractivity contribution is -0.138. The molecule has 1 aromatic carbocycles. The number of halogens is 1. The summed E-state index contributed by atoms with van der Waals surface area (Å²) in [6.45, 7) is 2.93. The van der Waals surface area contributed by atoms with Gasteiger partial charge in [-0.15, -0.1) is 0 Å². The molecule has 124 valence electrons. The van der Waals surface area contributed by atoms with E-state index in [1.807, 2.05) is 25.1 Å². The highest BCUT2D eigenvalue weighted by Gasteiger charge is 2.28. The molecule has 1 aliphatic heterocycles. The van der Waals surface area contributed by atoms with Gasteiger partial charge in [0.15, 0.2) is 0 Å². The number of benzene rings is 1. The Kier molecular flexibility index (Phi) is 5.90. The first-order chi connectivity index (χ1) is 10.9. The summed E-state index contributed by atoms with van der Waals surface area (Å²) in [5.74, 6) is -0.381. The second-order valence-corrected chi connectivity index (χ2v) is 6.60. The molecular weight excluding hydrogens is 362 g/mol. The van der Waals surface area contributed by atoms with Gasteiger partial charge in [0.1, 0.15) is 0 Å². The average molecular weight is 382 g/mol. The number of rotatable bonds is 6. The minimum Gasteiger partial charge on any atom is -0.325 e. The minimum atomic E-state index is -0.128. The maximum absolute atomic E-state index is 12.1. The van der Waals surface area contributed by atoms with Crippen molar-refractivity contribution in [3.05, 3.63) is 28.2 Å². The second-order valence-electron chi connectivity index (χ2n) is 5.68. The zero-order valence-corrected chi connectivity index (χ0v) is 14.9. The Hall–Kier alpha value is -1.73. The Bertz CT molecular complexity index is 617. The fourth-order valence-corrected chi connectivity index (χ4v) is 2.90. The van der Waals surface area contributed by atoms with Gasteiger partial charge in [-0.05, 0) is 37.7 Å². The van der Waals surface area contributed by atoms with Crippen molar-refractivity contribution in [3.8, 4) is 0 Å². The van der Waals surface area contributed by atoms with E-state index in [-0.39, 0.29) is 24.3 Å². The van der Waals surface area contributed by atoms with Crippen molar-refractivity contribution < 1.29 is 14.4 Å². The lowest BCUT2D eigenvalue weighted by Crippen LogP contribution is -2.39. The van der Waals surface area contributed by atoms with E-state index in [0.29, 0.717) is 25.9 Å². The quantitative estimate of drug-likeness (QED) is 0.762. The first-order valence-corrected chi connectivity index (χ1v) is 8.24. The van der Waals surface area contributed by atoms with Crippen LogP contribution in [0.5, 0.6) is 0 Å². The predicted molar refractivity (Wildman–Crippen MR) is 91.0 cm³/mol. The van der Waals surface area contributed by atoms with E-state index < -0.39 is 0 Å². The number of likely N-dealkylation sites (N-methyl/N-ethyl adjacent to an activating group) is 1. The van der Waals surface area contributed by atoms with E-state index in [2.05, 4.69) is 21.2 Å². The number of imide groups is 1. The van der Waals surface area contributed by atoms with Crippen molar-refractivity contribution in [2.24, 2.45) is 0 Å². The normalized spacial score (nSPS) is 14.7. The number of hydrogen-bond donors (Lipinski definition) is 1. The molecule has 0 aromatic heterocycles. The lowest BCUT2D eigenvalue weighted by Gasteiger charge is -2.20. The number of likely N-dealkylation sites (tertiary alicyclic amines) is 1. The van der Waals surface area contributed by atoms with Crippen LogP contribution in [0.3, 0.4) is 0 Å². The van der Waals surface area contributed by atoms with Crippen LogP contribution < -0.4 is 5.32 Å². The van der Waals surface area contributed by atoms with E-state index in [0.717, 1.165) is 15.7 Å². The van der Waals surface area contributed by atoms with Gasteiger partial charge in [-0.1, -0.05) is 15.9 Å². The summed E-state index contributed by atoms with van der Waals surface area (Å²) in [5, 5.41) is 2.86. The molecule has 1 N–H and O–H groups in total. The average Bonchev–Trinajstić information content (AvgIpc) is 2.79. The maximum atomic E-state index is 12.1. The van der Waals surface area contributed by atoms with Gasteiger partial charge in [0, 0.05) is 36.1 Å². The minimum absolute atomic E-state index is 0.127. The Balaban J connectivity index is 1.80. The monoisotopic (exact) mass is 381 g/mol. The fraction of sp³-hybridized carbons (Fsp3) is 0.438. The van der Waals surface area contributed by atoms with Crippen LogP contribution in [-0.2, 0) is 14.4 Å². The largest absolute Gasteiger partial charge is 0.325 e. The van der Waals surface area contributed by atoms with E-state index in [1.54, 1.807) is 11.9 Å². The molecule has 0 bridgehead atoms. The van der Waals surface area contributed by atoms with E-state index in [1.165, 1.54) is 4.90 Å². The first kappa shape index (κ1) is 17.6. The van der Waals surface area contributed by atoms with Crippen molar-refractivity contribution in [1.29, 1.82) is 0 Å². The van der Waals surface area contributed by atoms with Crippen molar-refractivity contribution in [3.63, 3.8) is 0 Å². The number of nitrogens with zero attached hydrogens (tertiary/aromatic N) is 2. The standard InChI is InChI=1S/C16H20BrN3O3/c1-11-9-12(17)3-4-13(11)18-14(21)10-19(2)7-8-20-15(22)5-6-16(20)23/h3-4,9H,5-8,10H2,1-2H3,(H,18,21). The van der Waals surface area contributed by atoms with Gasteiger partial charge in [0.2, 0.25) is 17.7 Å². The van der Waals surface area contributed by atoms with Gasteiger partial charge in [0.25, 0.3) is 0 Å². The highest BCUT2D eigenvalue weighted by molar-refractivity contribution is 9.10. The third kappa shape index (κ3) is 4.87. The zero-order chi connectivity index (χ0) is 17.0. The Morgan fingerprint density at radius 3 is 2.57 bits per heavy atom. The summed E-state index contributed by atoms with van der Waals surface area (Å²) >= 11 is 3.38. The van der Waals surface area contributed by atoms with Crippen LogP contribution in [0.2, 0.25) is 0 Å². The van der Waals surface area contributed by atoms with E-state index >= 15 is 0 Å². The predicted octanol–water partition coefficient (Wildman–Crippen LogP) is 1.78. The smallest absolute Gasteiger partial charge is 0.238 e. The number of nitrogens with one attached hydrogen (secondary N) is 1. The van der Waals surface area contributed by atoms with Crippen molar-refractivity contribution >= 4 is 39.3 Å². The molecule has 0 spiro atoms. The topological polar surface area (TPSA) is 69.7 Å². The van der Waals surface area contributed by atoms with Gasteiger partial charge in [-0.25, -0.2) is 0 Å². The highest BCUT2D eigenvalue weighted by atomic mass is 79.9. The lowest BCUT2D eigenvalue weighted by atomic mass is 10.2. The molecule has 7 heteroatoms. The molecule has 0 aliphatic carbocycles. The Morgan fingerprint density at radius 1 is 1.30 bits per heavy atom. The number of carbonyl (C=O) groups excluding carboxylic acids is 3. The molecule has 0 unspecified atom stereocenters. The zero-order valence-electron chi connectivity index (χ0n) is 13.3. The summed E-state index contributed by atoms with van der Waals surface area (Å²) in [6, 6.07) is 5.65. The highest BCUT2D eigenvalue weighted by Crippen LogP contribution is 2.19.